The summed E-state index contributed by atoms with van der Waals surface area (Å²) in [5.41, 5.74) is 1.32. The van der Waals surface area contributed by atoms with Crippen LogP contribution in [0.2, 0.25) is 0 Å². The molecule has 4 nitrogen and oxygen atoms in total. The molecule has 0 saturated carbocycles. The van der Waals surface area contributed by atoms with Crippen molar-refractivity contribution in [2.45, 2.75) is 31.6 Å². The summed E-state index contributed by atoms with van der Waals surface area (Å²) in [6, 6.07) is 14.6. The summed E-state index contributed by atoms with van der Waals surface area (Å²) in [5.74, 6) is 0.418. The zero-order chi connectivity index (χ0) is 19.1. The molecule has 1 unspecified atom stereocenters. The van der Waals surface area contributed by atoms with E-state index in [1.807, 2.05) is 18.2 Å². The van der Waals surface area contributed by atoms with Crippen LogP contribution in [0.4, 0.5) is 4.79 Å². The molecule has 0 aliphatic carbocycles. The lowest BCUT2D eigenvalue weighted by Gasteiger charge is -2.30. The molecule has 3 rings (SSSR count). The van der Waals surface area contributed by atoms with Gasteiger partial charge in [0.25, 0.3) is 0 Å². The first kappa shape index (κ1) is 19.6. The van der Waals surface area contributed by atoms with Crippen molar-refractivity contribution < 1.29 is 14.6 Å². The highest BCUT2D eigenvalue weighted by atomic mass is 32.2. The van der Waals surface area contributed by atoms with E-state index in [-0.39, 0.29) is 0 Å². The Balaban J connectivity index is 1.71. The van der Waals surface area contributed by atoms with Crippen LogP contribution in [0, 0.1) is 0 Å². The van der Waals surface area contributed by atoms with E-state index in [0.717, 1.165) is 31.0 Å². The lowest BCUT2D eigenvalue weighted by atomic mass is 10.1. The number of allylic oxidation sites excluding steroid dienone is 1. The number of thiophene rings is 1. The highest BCUT2D eigenvalue weighted by molar-refractivity contribution is 8.03. The lowest BCUT2D eigenvalue weighted by molar-refractivity contribution is 0.119. The molecule has 0 bridgehead atoms. The fourth-order valence-corrected chi connectivity index (χ4v) is 4.74. The van der Waals surface area contributed by atoms with Crippen LogP contribution in [0.3, 0.4) is 0 Å². The Morgan fingerprint density at radius 2 is 2.11 bits per heavy atom. The van der Waals surface area contributed by atoms with Gasteiger partial charge in [-0.25, -0.2) is 4.79 Å². The number of nitrogens with zero attached hydrogens (tertiary/aromatic N) is 1. The van der Waals surface area contributed by atoms with E-state index in [1.54, 1.807) is 29.2 Å². The smallest absolute Gasteiger partial charge is 0.449 e. The normalized spacial score (nSPS) is 15.1. The Kier molecular flexibility index (Phi) is 7.01. The molecule has 0 fully saturated rings. The monoisotopic (exact) mass is 401 g/mol. The van der Waals surface area contributed by atoms with Crippen LogP contribution in [-0.2, 0) is 17.7 Å². The number of benzene rings is 1. The molecule has 1 N–H and O–H groups in total. The first-order chi connectivity index (χ1) is 13.1. The van der Waals surface area contributed by atoms with Gasteiger partial charge in [0.15, 0.2) is 5.76 Å². The maximum atomic E-state index is 11.1. The van der Waals surface area contributed by atoms with Gasteiger partial charge in [0, 0.05) is 16.7 Å². The summed E-state index contributed by atoms with van der Waals surface area (Å²) < 4.78 is 5.07. The van der Waals surface area contributed by atoms with Gasteiger partial charge in [0.2, 0.25) is 0 Å². The van der Waals surface area contributed by atoms with Crippen LogP contribution in [0.25, 0.3) is 0 Å². The van der Waals surface area contributed by atoms with Crippen LogP contribution in [0.1, 0.15) is 23.8 Å². The maximum Gasteiger partial charge on any atom is 0.511 e. The van der Waals surface area contributed by atoms with Gasteiger partial charge < -0.3 is 14.7 Å². The average molecular weight is 402 g/mol. The van der Waals surface area contributed by atoms with Crippen molar-refractivity contribution in [3.8, 4) is 0 Å². The maximum absolute atomic E-state index is 11.1. The number of ether oxygens (including phenoxy) is 1. The van der Waals surface area contributed by atoms with Crippen molar-refractivity contribution in [2.75, 3.05) is 6.54 Å². The topological polar surface area (TPSA) is 49.8 Å². The van der Waals surface area contributed by atoms with E-state index in [9.17, 15) is 4.79 Å². The van der Waals surface area contributed by atoms with Crippen molar-refractivity contribution in [3.05, 3.63) is 81.2 Å². The van der Waals surface area contributed by atoms with Crippen LogP contribution in [0.5, 0.6) is 0 Å². The number of hydrogen-bond acceptors (Lipinski definition) is 5. The number of thioether (sulfide) groups is 1. The van der Waals surface area contributed by atoms with Crippen molar-refractivity contribution >= 4 is 29.3 Å². The van der Waals surface area contributed by atoms with Crippen LogP contribution in [-0.4, -0.2) is 28.0 Å². The molecular weight excluding hydrogens is 378 g/mol. The van der Waals surface area contributed by atoms with Crippen molar-refractivity contribution in [3.63, 3.8) is 0 Å². The van der Waals surface area contributed by atoms with E-state index in [2.05, 4.69) is 47.5 Å². The molecule has 1 atom stereocenters. The van der Waals surface area contributed by atoms with Gasteiger partial charge in [0.1, 0.15) is 5.03 Å². The number of carboxylic acid groups (broad SMARTS) is 1. The van der Waals surface area contributed by atoms with Gasteiger partial charge in [-0.15, -0.1) is 23.1 Å². The fraction of sp³-hybridized carbons (Fsp3) is 0.286. The summed E-state index contributed by atoms with van der Waals surface area (Å²) in [6.45, 7) is 3.68. The van der Waals surface area contributed by atoms with Gasteiger partial charge in [0.05, 0.1) is 6.54 Å². The third-order valence-corrected chi connectivity index (χ3v) is 6.39. The first-order valence-electron chi connectivity index (χ1n) is 8.91. The predicted octanol–water partition coefficient (Wildman–Crippen LogP) is 5.74. The molecule has 1 aromatic heterocycles. The Hall–Kier alpha value is -2.18. The molecule has 1 aliphatic heterocycles. The number of carbonyl (C=O) groups is 1. The van der Waals surface area contributed by atoms with E-state index in [0.29, 0.717) is 11.0 Å². The van der Waals surface area contributed by atoms with E-state index in [1.165, 1.54) is 10.4 Å². The molecule has 6 heteroatoms. The van der Waals surface area contributed by atoms with Crippen molar-refractivity contribution in [2.24, 2.45) is 0 Å². The van der Waals surface area contributed by atoms with E-state index in [4.69, 9.17) is 9.84 Å². The summed E-state index contributed by atoms with van der Waals surface area (Å²) in [5, 5.41) is 12.4. The molecule has 0 amide bonds. The first-order valence-corrected chi connectivity index (χ1v) is 10.7. The summed E-state index contributed by atoms with van der Waals surface area (Å²) >= 11 is 3.40. The molecule has 142 valence electrons. The molecule has 0 radical (unpaired) electrons. The number of rotatable bonds is 8. The van der Waals surface area contributed by atoms with Crippen LogP contribution < -0.4 is 0 Å². The molecular formula is C21H23NO3S2. The van der Waals surface area contributed by atoms with Gasteiger partial charge >= 0.3 is 6.16 Å². The molecule has 27 heavy (non-hydrogen) atoms. The molecule has 0 spiro atoms. The molecule has 0 saturated heterocycles. The van der Waals surface area contributed by atoms with Crippen molar-refractivity contribution in [1.82, 2.24) is 4.90 Å². The van der Waals surface area contributed by atoms with E-state index >= 15 is 0 Å². The Labute approximate surface area is 168 Å². The second-order valence-electron chi connectivity index (χ2n) is 6.35. The average Bonchev–Trinajstić information content (AvgIpc) is 3.16. The largest absolute Gasteiger partial charge is 0.511 e. The third-order valence-electron chi connectivity index (χ3n) is 4.21. The minimum absolute atomic E-state index is 0.338. The molecule has 1 aliphatic rings. The second-order valence-corrected chi connectivity index (χ2v) is 8.81. The minimum Gasteiger partial charge on any atom is -0.449 e. The SMILES string of the molecule is CC(CCc1ccccc1)SC1=C(OC(=O)O)C=CCN1Cc1cccs1. The zero-order valence-electron chi connectivity index (χ0n) is 15.2. The minimum atomic E-state index is -1.28. The van der Waals surface area contributed by atoms with E-state index < -0.39 is 6.16 Å². The fourth-order valence-electron chi connectivity index (χ4n) is 2.89. The highest BCUT2D eigenvalue weighted by Crippen LogP contribution is 2.35. The Morgan fingerprint density at radius 3 is 2.81 bits per heavy atom. The van der Waals surface area contributed by atoms with Gasteiger partial charge in [-0.05, 0) is 35.9 Å². The number of aryl methyl sites for hydroxylation is 1. The van der Waals surface area contributed by atoms with Crippen molar-refractivity contribution in [1.29, 1.82) is 0 Å². The lowest BCUT2D eigenvalue weighted by Crippen LogP contribution is -2.26. The molecule has 2 aromatic rings. The summed E-state index contributed by atoms with van der Waals surface area (Å²) in [4.78, 5) is 14.6. The highest BCUT2D eigenvalue weighted by Gasteiger charge is 2.23. The molecule has 1 aromatic carbocycles. The van der Waals surface area contributed by atoms with Crippen LogP contribution in [0.15, 0.2) is 70.8 Å². The number of hydrogen-bond donors (Lipinski definition) is 1. The standard InChI is InChI=1S/C21H23NO3S2/c1-16(11-12-17-7-3-2-4-8-17)27-20-19(25-21(23)24)10-5-13-22(20)15-18-9-6-14-26-18/h2-10,14,16H,11-13,15H2,1H3,(H,23,24). The Bertz CT molecular complexity index is 800. The molecule has 2 heterocycles. The summed E-state index contributed by atoms with van der Waals surface area (Å²) in [7, 11) is 0. The van der Waals surface area contributed by atoms with Crippen LogP contribution >= 0.6 is 23.1 Å². The van der Waals surface area contributed by atoms with Gasteiger partial charge in [-0.3, -0.25) is 0 Å². The third kappa shape index (κ3) is 5.91. The zero-order valence-corrected chi connectivity index (χ0v) is 16.8. The second kappa shape index (κ2) is 9.67. The summed E-state index contributed by atoms with van der Waals surface area (Å²) in [6.07, 6.45) is 4.45. The quantitative estimate of drug-likeness (QED) is 0.572. The predicted molar refractivity (Wildman–Crippen MR) is 112 cm³/mol. The van der Waals surface area contributed by atoms with Gasteiger partial charge in [-0.2, -0.15) is 0 Å². The van der Waals surface area contributed by atoms with Gasteiger partial charge in [-0.1, -0.05) is 49.4 Å². The Morgan fingerprint density at radius 1 is 1.30 bits per heavy atom.